The summed E-state index contributed by atoms with van der Waals surface area (Å²) in [4.78, 5) is 12.9. The van der Waals surface area contributed by atoms with E-state index in [9.17, 15) is 20.1 Å². The summed E-state index contributed by atoms with van der Waals surface area (Å²) in [6.07, 6.45) is 3.89. The van der Waals surface area contributed by atoms with Gasteiger partial charge in [0.2, 0.25) is 0 Å². The molecule has 198 valence electrons. The zero-order valence-electron chi connectivity index (χ0n) is 21.4. The highest BCUT2D eigenvalue weighted by atomic mass is 16.5. The van der Waals surface area contributed by atoms with Crippen molar-refractivity contribution in [3.05, 3.63) is 63.0 Å². The van der Waals surface area contributed by atoms with Gasteiger partial charge in [0, 0.05) is 36.9 Å². The SMILES string of the molecule is COCCc1cc(CC[C@@]2(C)Oc3cc4oc(C5(O)CCCC5)cc(=O)c4c(O)c3C[C@H]2O)ccc1N. The number of benzene rings is 2. The number of nitrogens with two attached hydrogens (primary N) is 1. The van der Waals surface area contributed by atoms with Gasteiger partial charge in [0.15, 0.2) is 5.43 Å². The fourth-order valence-corrected chi connectivity index (χ4v) is 5.63. The van der Waals surface area contributed by atoms with E-state index < -0.39 is 22.7 Å². The third-order valence-electron chi connectivity index (χ3n) is 8.08. The van der Waals surface area contributed by atoms with Crippen molar-refractivity contribution in [2.24, 2.45) is 0 Å². The highest BCUT2D eigenvalue weighted by molar-refractivity contribution is 5.87. The first-order chi connectivity index (χ1) is 17.6. The largest absolute Gasteiger partial charge is 0.507 e. The van der Waals surface area contributed by atoms with Gasteiger partial charge in [-0.05, 0) is 69.1 Å². The first-order valence-electron chi connectivity index (χ1n) is 12.9. The van der Waals surface area contributed by atoms with Crippen LogP contribution in [0.15, 0.2) is 39.5 Å². The number of hydrogen-bond donors (Lipinski definition) is 4. The number of rotatable bonds is 7. The van der Waals surface area contributed by atoms with Gasteiger partial charge in [-0.1, -0.05) is 12.1 Å². The molecule has 5 N–H and O–H groups in total. The molecule has 5 rings (SSSR count). The smallest absolute Gasteiger partial charge is 0.196 e. The number of aryl methyl sites for hydroxylation is 1. The van der Waals surface area contributed by atoms with Crippen molar-refractivity contribution in [3.63, 3.8) is 0 Å². The molecule has 3 aromatic rings. The summed E-state index contributed by atoms with van der Waals surface area (Å²) in [5.74, 6) is 0.344. The van der Waals surface area contributed by atoms with E-state index in [1.54, 1.807) is 13.2 Å². The van der Waals surface area contributed by atoms with Gasteiger partial charge >= 0.3 is 0 Å². The second kappa shape index (κ2) is 9.67. The van der Waals surface area contributed by atoms with Crippen molar-refractivity contribution in [3.8, 4) is 11.5 Å². The summed E-state index contributed by atoms with van der Waals surface area (Å²) in [5.41, 5.74) is 6.94. The Morgan fingerprint density at radius 3 is 2.65 bits per heavy atom. The molecule has 0 amide bonds. The standard InChI is InChI=1S/C29H35NO7/c1-28(11-7-17-5-6-20(30)18(13-17)8-12-35-2)24(32)14-19-22(37-28)16-23-26(27(19)33)21(31)15-25(36-23)29(34)9-3-4-10-29/h5-6,13,15-16,24,32-34H,3-4,7-12,14,30H2,1-2H3/t24-,28-/m1/s1. The zero-order chi connectivity index (χ0) is 26.4. The first kappa shape index (κ1) is 25.6. The van der Waals surface area contributed by atoms with Crippen molar-refractivity contribution < 1.29 is 29.2 Å². The highest BCUT2D eigenvalue weighted by Crippen LogP contribution is 2.45. The average molecular weight is 510 g/mol. The molecule has 1 aromatic heterocycles. The van der Waals surface area contributed by atoms with Crippen LogP contribution in [0.2, 0.25) is 0 Å². The van der Waals surface area contributed by atoms with Gasteiger partial charge < -0.3 is 34.9 Å². The predicted molar refractivity (Wildman–Crippen MR) is 140 cm³/mol. The topological polar surface area (TPSA) is 135 Å². The Bertz CT molecular complexity index is 1370. The van der Waals surface area contributed by atoms with Crippen LogP contribution >= 0.6 is 0 Å². The summed E-state index contributed by atoms with van der Waals surface area (Å²) in [7, 11) is 1.66. The van der Waals surface area contributed by atoms with E-state index >= 15 is 0 Å². The van der Waals surface area contributed by atoms with Crippen LogP contribution in [-0.4, -0.2) is 40.7 Å². The molecular formula is C29H35NO7. The lowest BCUT2D eigenvalue weighted by Crippen LogP contribution is -2.49. The number of aliphatic hydroxyl groups is 2. The lowest BCUT2D eigenvalue weighted by Gasteiger charge is -2.40. The van der Waals surface area contributed by atoms with Crippen molar-refractivity contribution in [1.82, 2.24) is 0 Å². The van der Waals surface area contributed by atoms with Crippen LogP contribution in [0.25, 0.3) is 11.0 Å². The summed E-state index contributed by atoms with van der Waals surface area (Å²) in [5, 5.41) is 33.0. The van der Waals surface area contributed by atoms with E-state index in [4.69, 9.17) is 19.6 Å². The fourth-order valence-electron chi connectivity index (χ4n) is 5.63. The molecule has 2 aliphatic rings. The molecule has 1 saturated carbocycles. The van der Waals surface area contributed by atoms with Crippen molar-refractivity contribution in [2.75, 3.05) is 19.5 Å². The monoisotopic (exact) mass is 509 g/mol. The number of anilines is 1. The Morgan fingerprint density at radius 2 is 1.92 bits per heavy atom. The van der Waals surface area contributed by atoms with E-state index in [2.05, 4.69) is 6.07 Å². The molecule has 0 spiro atoms. The molecule has 2 atom stereocenters. The highest BCUT2D eigenvalue weighted by Gasteiger charge is 2.42. The van der Waals surface area contributed by atoms with Crippen LogP contribution < -0.4 is 15.9 Å². The predicted octanol–water partition coefficient (Wildman–Crippen LogP) is 3.72. The Labute approximate surface area is 215 Å². The maximum Gasteiger partial charge on any atom is 0.196 e. The van der Waals surface area contributed by atoms with E-state index in [-0.39, 0.29) is 28.9 Å². The number of hydrogen-bond acceptors (Lipinski definition) is 8. The van der Waals surface area contributed by atoms with Crippen molar-refractivity contribution in [1.29, 1.82) is 0 Å². The summed E-state index contributed by atoms with van der Waals surface area (Å²) >= 11 is 0. The number of phenolic OH excluding ortho intramolecular Hbond substituents is 1. The van der Waals surface area contributed by atoms with Crippen LogP contribution in [0, 0.1) is 0 Å². The molecule has 1 aliphatic heterocycles. The third-order valence-corrected chi connectivity index (χ3v) is 8.08. The fraction of sp³-hybridized carbons (Fsp3) is 0.483. The summed E-state index contributed by atoms with van der Waals surface area (Å²) in [6, 6.07) is 8.80. The number of aliphatic hydroxyl groups excluding tert-OH is 1. The minimum Gasteiger partial charge on any atom is -0.507 e. The summed E-state index contributed by atoms with van der Waals surface area (Å²) < 4.78 is 17.5. The average Bonchev–Trinajstić information content (AvgIpc) is 3.31. The Hall–Kier alpha value is -3.07. The van der Waals surface area contributed by atoms with E-state index in [1.165, 1.54) is 6.07 Å². The third kappa shape index (κ3) is 4.69. The minimum absolute atomic E-state index is 0.0361. The molecule has 0 saturated heterocycles. The Morgan fingerprint density at radius 1 is 1.16 bits per heavy atom. The van der Waals surface area contributed by atoms with Crippen LogP contribution in [-0.2, 0) is 29.6 Å². The molecule has 37 heavy (non-hydrogen) atoms. The van der Waals surface area contributed by atoms with Gasteiger partial charge in [0.1, 0.15) is 39.4 Å². The van der Waals surface area contributed by atoms with Crippen LogP contribution in [0.1, 0.15) is 61.5 Å². The van der Waals surface area contributed by atoms with Crippen LogP contribution in [0.3, 0.4) is 0 Å². The first-order valence-corrected chi connectivity index (χ1v) is 12.9. The Kier molecular flexibility index (Phi) is 6.68. The molecule has 0 bridgehead atoms. The molecule has 2 heterocycles. The molecule has 8 nitrogen and oxygen atoms in total. The molecule has 0 radical (unpaired) electrons. The number of ether oxygens (including phenoxy) is 2. The number of fused-ring (bicyclic) bond motifs is 2. The van der Waals surface area contributed by atoms with Crippen LogP contribution in [0.4, 0.5) is 5.69 Å². The van der Waals surface area contributed by atoms with E-state index in [0.29, 0.717) is 50.0 Å². The maximum absolute atomic E-state index is 12.9. The molecule has 1 aliphatic carbocycles. The summed E-state index contributed by atoms with van der Waals surface area (Å²) in [6.45, 7) is 2.43. The van der Waals surface area contributed by atoms with E-state index in [0.717, 1.165) is 29.7 Å². The van der Waals surface area contributed by atoms with Crippen LogP contribution in [0.5, 0.6) is 11.5 Å². The number of phenols is 1. The maximum atomic E-state index is 12.9. The lowest BCUT2D eigenvalue weighted by atomic mass is 9.84. The number of nitrogen functional groups attached to an aromatic ring is 1. The number of methoxy groups -OCH3 is 1. The van der Waals surface area contributed by atoms with E-state index in [1.807, 2.05) is 19.1 Å². The second-order valence-electron chi connectivity index (χ2n) is 10.7. The van der Waals surface area contributed by atoms with Gasteiger partial charge in [-0.2, -0.15) is 0 Å². The normalized spacial score (nSPS) is 22.6. The van der Waals surface area contributed by atoms with Gasteiger partial charge in [0.05, 0.1) is 12.7 Å². The quantitative estimate of drug-likeness (QED) is 0.354. The Balaban J connectivity index is 1.44. The van der Waals surface area contributed by atoms with Gasteiger partial charge in [0.25, 0.3) is 0 Å². The van der Waals surface area contributed by atoms with Crippen molar-refractivity contribution in [2.45, 2.75) is 75.6 Å². The van der Waals surface area contributed by atoms with Crippen molar-refractivity contribution >= 4 is 16.7 Å². The molecule has 8 heteroatoms. The number of aromatic hydroxyl groups is 1. The molecule has 2 aromatic carbocycles. The van der Waals surface area contributed by atoms with Gasteiger partial charge in [-0.25, -0.2) is 0 Å². The molecule has 1 fully saturated rings. The van der Waals surface area contributed by atoms with Gasteiger partial charge in [-0.3, -0.25) is 4.79 Å². The van der Waals surface area contributed by atoms with Gasteiger partial charge in [-0.15, -0.1) is 0 Å². The molecule has 0 unspecified atom stereocenters. The lowest BCUT2D eigenvalue weighted by molar-refractivity contribution is -0.0595. The molecular weight excluding hydrogens is 474 g/mol. The zero-order valence-corrected chi connectivity index (χ0v) is 21.4. The second-order valence-corrected chi connectivity index (χ2v) is 10.7. The minimum atomic E-state index is -1.17.